The van der Waals surface area contributed by atoms with E-state index >= 15 is 0 Å². The Morgan fingerprint density at radius 2 is 1.89 bits per heavy atom. The van der Waals surface area contributed by atoms with Gasteiger partial charge >= 0.3 is 6.09 Å². The number of cyclic esters (lactones) is 1. The van der Waals surface area contributed by atoms with Crippen LogP contribution in [0.2, 0.25) is 0 Å². The molecule has 0 bridgehead atoms. The van der Waals surface area contributed by atoms with Gasteiger partial charge in [-0.1, -0.05) is 30.7 Å². The monoisotopic (exact) mass is 660 g/mol. The zero-order chi connectivity index (χ0) is 33.2. The van der Waals surface area contributed by atoms with Crippen molar-refractivity contribution in [2.24, 2.45) is 11.8 Å². The molecule has 10 nitrogen and oxygen atoms in total. The van der Waals surface area contributed by atoms with Crippen LogP contribution in [0.5, 0.6) is 0 Å². The smallest absolute Gasteiger partial charge is 0.417 e. The van der Waals surface area contributed by atoms with Crippen molar-refractivity contribution in [2.45, 2.75) is 63.1 Å². The number of allylic oxidation sites excluding steroid dienone is 3. The van der Waals surface area contributed by atoms with E-state index in [0.29, 0.717) is 6.07 Å². The second kappa shape index (κ2) is 13.5. The highest BCUT2D eigenvalue weighted by Crippen LogP contribution is 2.39. The van der Waals surface area contributed by atoms with Crippen molar-refractivity contribution in [1.29, 1.82) is 5.26 Å². The summed E-state index contributed by atoms with van der Waals surface area (Å²) in [7, 11) is 0. The molecule has 1 saturated heterocycles. The number of halogens is 5. The maximum absolute atomic E-state index is 14.8. The number of hydrogen-bond acceptors (Lipinski definition) is 7. The van der Waals surface area contributed by atoms with Gasteiger partial charge in [0.25, 0.3) is 5.91 Å². The van der Waals surface area contributed by atoms with Crippen molar-refractivity contribution < 1.29 is 36.7 Å². The van der Waals surface area contributed by atoms with E-state index < -0.39 is 78.3 Å². The summed E-state index contributed by atoms with van der Waals surface area (Å²) >= 11 is 6.67. The molecule has 5 rings (SSSR count). The van der Waals surface area contributed by atoms with E-state index in [4.69, 9.17) is 16.3 Å². The van der Waals surface area contributed by atoms with E-state index in [2.05, 4.69) is 15.3 Å². The molecule has 2 aliphatic carbocycles. The number of anilines is 2. The topological polar surface area (TPSA) is 129 Å². The lowest BCUT2D eigenvalue weighted by atomic mass is 9.81. The molecule has 46 heavy (non-hydrogen) atoms. The Kier molecular flexibility index (Phi) is 9.62. The summed E-state index contributed by atoms with van der Waals surface area (Å²) in [6.07, 6.45) is 3.97. The number of carbonyl (C=O) groups is 3. The predicted octanol–water partition coefficient (Wildman–Crippen LogP) is 5.38. The molecule has 1 N–H and O–H groups in total. The Bertz CT molecular complexity index is 1600. The second-order valence-electron chi connectivity index (χ2n) is 11.4. The van der Waals surface area contributed by atoms with Gasteiger partial charge in [-0.2, -0.15) is 5.26 Å². The molecule has 4 unspecified atom stereocenters. The van der Waals surface area contributed by atoms with E-state index in [1.54, 1.807) is 19.1 Å². The molecular formula is C31H29ClF4N6O4. The first-order valence-corrected chi connectivity index (χ1v) is 15.0. The normalized spacial score (nSPS) is 23.5. The number of alkyl halides is 2. The van der Waals surface area contributed by atoms with Gasteiger partial charge in [-0.3, -0.25) is 14.5 Å². The average molecular weight is 661 g/mol. The van der Waals surface area contributed by atoms with Crippen LogP contribution in [0.4, 0.5) is 34.0 Å². The third kappa shape index (κ3) is 6.99. The highest BCUT2D eigenvalue weighted by atomic mass is 35.5. The Morgan fingerprint density at radius 3 is 2.54 bits per heavy atom. The predicted molar refractivity (Wildman–Crippen MR) is 158 cm³/mol. The maximum Gasteiger partial charge on any atom is 0.417 e. The first kappa shape index (κ1) is 32.9. The van der Waals surface area contributed by atoms with Gasteiger partial charge in [0.05, 0.1) is 12.3 Å². The van der Waals surface area contributed by atoms with Crippen molar-refractivity contribution >= 4 is 41.1 Å². The number of benzene rings is 1. The van der Waals surface area contributed by atoms with Crippen LogP contribution >= 0.6 is 11.6 Å². The minimum absolute atomic E-state index is 0.0352. The zero-order valence-electron chi connectivity index (χ0n) is 24.5. The molecule has 1 saturated carbocycles. The largest absolute Gasteiger partial charge is 0.449 e. The Morgan fingerprint density at radius 1 is 1.20 bits per heavy atom. The Hall–Kier alpha value is -4.51. The van der Waals surface area contributed by atoms with E-state index in [0.717, 1.165) is 21.9 Å². The van der Waals surface area contributed by atoms with Crippen molar-refractivity contribution in [1.82, 2.24) is 15.3 Å². The molecule has 0 spiro atoms. The zero-order valence-corrected chi connectivity index (χ0v) is 25.3. The van der Waals surface area contributed by atoms with Crippen LogP contribution in [0.3, 0.4) is 0 Å². The molecule has 1 aromatic heterocycles. The maximum atomic E-state index is 14.8. The van der Waals surface area contributed by atoms with Crippen molar-refractivity contribution in [3.05, 3.63) is 71.1 Å². The van der Waals surface area contributed by atoms with Crippen LogP contribution in [0.15, 0.2) is 53.7 Å². The number of carbonyl (C=O) groups excluding carboxylic acids is 3. The summed E-state index contributed by atoms with van der Waals surface area (Å²) in [4.78, 5) is 51.8. The van der Waals surface area contributed by atoms with Crippen molar-refractivity contribution in [3.8, 4) is 6.07 Å². The summed E-state index contributed by atoms with van der Waals surface area (Å²) in [6, 6.07) is 1.73. The minimum Gasteiger partial charge on any atom is -0.449 e. The van der Waals surface area contributed by atoms with Crippen molar-refractivity contribution in [2.75, 3.05) is 16.4 Å². The Labute approximate surface area is 266 Å². The summed E-state index contributed by atoms with van der Waals surface area (Å²) in [6.45, 7) is 1.50. The molecule has 2 aromatic rings. The summed E-state index contributed by atoms with van der Waals surface area (Å²) < 4.78 is 62.5. The third-order valence-corrected chi connectivity index (χ3v) is 8.63. The minimum atomic E-state index is -2.87. The van der Waals surface area contributed by atoms with Crippen LogP contribution in [-0.2, 0) is 14.3 Å². The fraction of sp³-hybridized carbons (Fsp3) is 0.419. The van der Waals surface area contributed by atoms with Gasteiger partial charge in [-0.15, -0.1) is 0 Å². The van der Waals surface area contributed by atoms with Crippen LogP contribution in [0, 0.1) is 34.8 Å². The van der Waals surface area contributed by atoms with E-state index in [9.17, 15) is 37.2 Å². The average Bonchev–Trinajstić information content (AvgIpc) is 3.00. The number of ether oxygens (including phenoxy) is 1. The first-order chi connectivity index (χ1) is 21.9. The SMILES string of the molecule is CC1C=CC=C(Cl)C1C(C(=O)NC1CCC(F)(F)CC1)N(C(=O)C1CCOC(=O)N1c1nccc(C#N)n1)c1cc(F)cc(F)c1. The summed E-state index contributed by atoms with van der Waals surface area (Å²) in [5.41, 5.74) is -0.469. The number of nitrogens with zero attached hydrogens (tertiary/aromatic N) is 5. The molecule has 1 aliphatic heterocycles. The number of aromatic nitrogens is 2. The fourth-order valence-corrected chi connectivity index (χ4v) is 6.38. The first-order valence-electron chi connectivity index (χ1n) is 14.6. The number of nitriles is 1. The van der Waals surface area contributed by atoms with Crippen molar-refractivity contribution in [3.63, 3.8) is 0 Å². The fourth-order valence-electron chi connectivity index (χ4n) is 5.98. The molecule has 3 aliphatic rings. The lowest BCUT2D eigenvalue weighted by molar-refractivity contribution is -0.129. The van der Waals surface area contributed by atoms with Gasteiger partial charge in [0.2, 0.25) is 17.8 Å². The van der Waals surface area contributed by atoms with Crippen LogP contribution in [0.25, 0.3) is 0 Å². The lowest BCUT2D eigenvalue weighted by Crippen LogP contribution is -2.62. The standard InChI is InChI=1S/C31H29ClF4N6O4/c1-17-3-2-4-23(32)25(17)26(27(43)39-20-5-9-31(35,36)10-6-20)41(22-14-18(33)13-19(34)15-22)28(44)24-8-12-46-30(45)42(24)29-38-11-7-21(16-37)40-29/h2-4,7,11,13-15,17,20,24-26H,5-6,8-10,12H2,1H3,(H,39,43). The molecule has 1 aromatic carbocycles. The van der Waals surface area contributed by atoms with Gasteiger partial charge < -0.3 is 10.1 Å². The number of nitrogens with one attached hydrogen (secondary N) is 1. The van der Waals surface area contributed by atoms with E-state index in [1.165, 1.54) is 18.3 Å². The van der Waals surface area contributed by atoms with Gasteiger partial charge in [0.1, 0.15) is 35.5 Å². The summed E-state index contributed by atoms with van der Waals surface area (Å²) in [5, 5.41) is 12.3. The molecule has 15 heteroatoms. The van der Waals surface area contributed by atoms with Gasteiger partial charge in [0, 0.05) is 48.5 Å². The van der Waals surface area contributed by atoms with Crippen LogP contribution in [0.1, 0.15) is 44.7 Å². The number of amides is 3. The highest BCUT2D eigenvalue weighted by Gasteiger charge is 2.48. The molecule has 3 amide bonds. The molecule has 0 radical (unpaired) electrons. The molecule has 4 atom stereocenters. The van der Waals surface area contributed by atoms with Crippen LogP contribution < -0.4 is 15.1 Å². The highest BCUT2D eigenvalue weighted by molar-refractivity contribution is 6.30. The quantitative estimate of drug-likeness (QED) is 0.395. The van der Waals surface area contributed by atoms with Crippen LogP contribution in [-0.4, -0.2) is 58.5 Å². The van der Waals surface area contributed by atoms with Gasteiger partial charge in [-0.05, 0) is 43.0 Å². The van der Waals surface area contributed by atoms with E-state index in [-0.39, 0.29) is 48.2 Å². The number of hydrogen-bond donors (Lipinski definition) is 1. The molecule has 242 valence electrons. The Balaban J connectivity index is 1.63. The van der Waals surface area contributed by atoms with Gasteiger partial charge in [0.15, 0.2) is 0 Å². The van der Waals surface area contributed by atoms with Gasteiger partial charge in [-0.25, -0.2) is 37.2 Å². The molecule has 2 fully saturated rings. The lowest BCUT2D eigenvalue weighted by Gasteiger charge is -2.43. The third-order valence-electron chi connectivity index (χ3n) is 8.25. The number of rotatable bonds is 7. The summed E-state index contributed by atoms with van der Waals surface area (Å²) in [5.74, 6) is -8.50. The second-order valence-corrected chi connectivity index (χ2v) is 11.8. The molecular weight excluding hydrogens is 632 g/mol. The van der Waals surface area contributed by atoms with E-state index in [1.807, 2.05) is 6.07 Å². The molecule has 2 heterocycles.